The Balaban J connectivity index is 4.62. The van der Waals surface area contributed by atoms with Crippen LogP contribution < -0.4 is 0 Å². The van der Waals surface area contributed by atoms with Gasteiger partial charge in [0.1, 0.15) is 6.07 Å². The molecule has 0 heterocycles. The third-order valence-corrected chi connectivity index (χ3v) is 3.09. The molecule has 0 rings (SSSR count). The van der Waals surface area contributed by atoms with Gasteiger partial charge in [-0.3, -0.25) is 4.79 Å². The van der Waals surface area contributed by atoms with E-state index in [-0.39, 0.29) is 25.5 Å². The van der Waals surface area contributed by atoms with Gasteiger partial charge in [-0.25, -0.2) is 4.79 Å². The van der Waals surface area contributed by atoms with E-state index in [2.05, 4.69) is 20.4 Å². The Labute approximate surface area is 132 Å². The van der Waals surface area contributed by atoms with Crippen molar-refractivity contribution in [3.05, 3.63) is 12.7 Å². The Morgan fingerprint density at radius 1 is 1.41 bits per heavy atom. The molecular formula is C16H26N2O4. The number of hydrogen-bond donors (Lipinski definition) is 0. The van der Waals surface area contributed by atoms with Gasteiger partial charge in [0.05, 0.1) is 6.61 Å². The summed E-state index contributed by atoms with van der Waals surface area (Å²) in [5.74, 6) is -0.317. The molecular weight excluding hydrogens is 284 g/mol. The highest BCUT2D eigenvalue weighted by atomic mass is 16.5. The minimum Gasteiger partial charge on any atom is -0.449 e. The number of esters is 1. The lowest BCUT2D eigenvalue weighted by molar-refractivity contribution is -0.155. The molecule has 22 heavy (non-hydrogen) atoms. The van der Waals surface area contributed by atoms with Crippen LogP contribution in [-0.2, 0) is 19.1 Å². The summed E-state index contributed by atoms with van der Waals surface area (Å²) in [5.41, 5.74) is 0. The van der Waals surface area contributed by atoms with Crippen molar-refractivity contribution in [2.45, 2.75) is 39.2 Å². The fourth-order valence-corrected chi connectivity index (χ4v) is 1.63. The van der Waals surface area contributed by atoms with Crippen LogP contribution in [0.2, 0.25) is 0 Å². The summed E-state index contributed by atoms with van der Waals surface area (Å²) in [4.78, 5) is 25.3. The molecule has 1 atom stereocenters. The number of hydrogen-bond acceptors (Lipinski definition) is 5. The average Bonchev–Trinajstić information content (AvgIpc) is 2.49. The normalized spacial score (nSPS) is 11.6. The number of allylic oxidation sites excluding steroid dienone is 1. The van der Waals surface area contributed by atoms with Gasteiger partial charge in [0.25, 0.3) is 0 Å². The standard InChI is InChI=1S/C16H26N2O4/c1-5-6-7-15(19)18(4)14(16(20)22-11-9-17)12-21-10-8-13(2)3/h5,13-14H,1,6-8,10-12H2,2-4H3/t14-/m0/s1. The second kappa shape index (κ2) is 11.8. The first-order valence-electron chi connectivity index (χ1n) is 7.41. The molecule has 0 unspecified atom stereocenters. The monoisotopic (exact) mass is 310 g/mol. The molecule has 0 saturated heterocycles. The number of ether oxygens (including phenoxy) is 2. The van der Waals surface area contributed by atoms with Gasteiger partial charge in [-0.1, -0.05) is 19.9 Å². The number of amides is 1. The fraction of sp³-hybridized carbons (Fsp3) is 0.688. The summed E-state index contributed by atoms with van der Waals surface area (Å²) >= 11 is 0. The van der Waals surface area contributed by atoms with Gasteiger partial charge in [0, 0.05) is 20.1 Å². The first kappa shape index (κ1) is 20.1. The number of likely N-dealkylation sites (N-methyl/N-ethyl adjacent to an activating group) is 1. The quantitative estimate of drug-likeness (QED) is 0.331. The summed E-state index contributed by atoms with van der Waals surface area (Å²) in [6.45, 7) is 7.95. The maximum atomic E-state index is 12.0. The van der Waals surface area contributed by atoms with Crippen LogP contribution >= 0.6 is 0 Å². The van der Waals surface area contributed by atoms with Gasteiger partial charge in [-0.2, -0.15) is 5.26 Å². The molecule has 0 spiro atoms. The molecule has 0 aliphatic carbocycles. The molecule has 0 aliphatic rings. The Morgan fingerprint density at radius 2 is 2.09 bits per heavy atom. The van der Waals surface area contributed by atoms with Gasteiger partial charge < -0.3 is 14.4 Å². The maximum Gasteiger partial charge on any atom is 0.332 e. The van der Waals surface area contributed by atoms with Crippen LogP contribution in [0.4, 0.5) is 0 Å². The van der Waals surface area contributed by atoms with E-state index in [0.29, 0.717) is 18.9 Å². The SMILES string of the molecule is C=CCCC(=O)N(C)[C@@H](COCCC(C)C)C(=O)OCC#N. The lowest BCUT2D eigenvalue weighted by Crippen LogP contribution is -2.46. The van der Waals surface area contributed by atoms with Crippen molar-refractivity contribution >= 4 is 11.9 Å². The van der Waals surface area contributed by atoms with E-state index >= 15 is 0 Å². The second-order valence-corrected chi connectivity index (χ2v) is 5.37. The Kier molecular flexibility index (Phi) is 10.8. The molecule has 0 bridgehead atoms. The van der Waals surface area contributed by atoms with Crippen molar-refractivity contribution in [3.8, 4) is 6.07 Å². The second-order valence-electron chi connectivity index (χ2n) is 5.37. The van der Waals surface area contributed by atoms with E-state index in [1.807, 2.05) is 0 Å². The van der Waals surface area contributed by atoms with Crippen LogP contribution in [0, 0.1) is 17.2 Å². The van der Waals surface area contributed by atoms with E-state index in [0.717, 1.165) is 6.42 Å². The molecule has 0 aliphatic heterocycles. The zero-order chi connectivity index (χ0) is 17.0. The third-order valence-electron chi connectivity index (χ3n) is 3.09. The Morgan fingerprint density at radius 3 is 2.64 bits per heavy atom. The van der Waals surface area contributed by atoms with Crippen molar-refractivity contribution in [1.29, 1.82) is 5.26 Å². The molecule has 0 aromatic rings. The van der Waals surface area contributed by atoms with Crippen LogP contribution in [0.5, 0.6) is 0 Å². The van der Waals surface area contributed by atoms with Crippen LogP contribution in [0.15, 0.2) is 12.7 Å². The topological polar surface area (TPSA) is 79.6 Å². The zero-order valence-electron chi connectivity index (χ0n) is 13.7. The van der Waals surface area contributed by atoms with Crippen LogP contribution in [-0.4, -0.2) is 49.7 Å². The smallest absolute Gasteiger partial charge is 0.332 e. The molecule has 0 N–H and O–H groups in total. The van der Waals surface area contributed by atoms with E-state index in [9.17, 15) is 9.59 Å². The van der Waals surface area contributed by atoms with Crippen LogP contribution in [0.3, 0.4) is 0 Å². The molecule has 6 heteroatoms. The lowest BCUT2D eigenvalue weighted by Gasteiger charge is -2.26. The third kappa shape index (κ3) is 8.42. The van der Waals surface area contributed by atoms with E-state index < -0.39 is 12.0 Å². The van der Waals surface area contributed by atoms with Crippen molar-refractivity contribution in [3.63, 3.8) is 0 Å². The van der Waals surface area contributed by atoms with E-state index in [1.54, 1.807) is 12.1 Å². The number of nitriles is 1. The number of carbonyl (C=O) groups excluding carboxylic acids is 2. The highest BCUT2D eigenvalue weighted by Gasteiger charge is 2.28. The maximum absolute atomic E-state index is 12.0. The Hall–Kier alpha value is -1.87. The van der Waals surface area contributed by atoms with E-state index in [4.69, 9.17) is 14.7 Å². The Bertz CT molecular complexity index is 401. The molecule has 0 aromatic carbocycles. The van der Waals surface area contributed by atoms with Crippen LogP contribution in [0.1, 0.15) is 33.1 Å². The molecule has 0 saturated carbocycles. The number of nitrogens with zero attached hydrogens (tertiary/aromatic N) is 2. The summed E-state index contributed by atoms with van der Waals surface area (Å²) in [6, 6.07) is 0.902. The predicted octanol–water partition coefficient (Wildman–Crippen LogP) is 1.91. The van der Waals surface area contributed by atoms with Crippen LogP contribution in [0.25, 0.3) is 0 Å². The van der Waals surface area contributed by atoms with Crippen molar-refractivity contribution < 1.29 is 19.1 Å². The fourth-order valence-electron chi connectivity index (χ4n) is 1.63. The molecule has 0 aromatic heterocycles. The largest absolute Gasteiger partial charge is 0.449 e. The molecule has 124 valence electrons. The molecule has 6 nitrogen and oxygen atoms in total. The summed E-state index contributed by atoms with van der Waals surface area (Å²) < 4.78 is 10.3. The van der Waals surface area contributed by atoms with Gasteiger partial charge >= 0.3 is 5.97 Å². The first-order chi connectivity index (χ1) is 10.4. The zero-order valence-corrected chi connectivity index (χ0v) is 13.7. The minimum atomic E-state index is -0.835. The number of rotatable bonds is 11. The summed E-state index contributed by atoms with van der Waals surface area (Å²) in [5, 5.41) is 8.49. The highest BCUT2D eigenvalue weighted by Crippen LogP contribution is 2.07. The van der Waals surface area contributed by atoms with Gasteiger partial charge in [0.2, 0.25) is 5.91 Å². The molecule has 0 fully saturated rings. The molecule has 0 radical (unpaired) electrons. The highest BCUT2D eigenvalue weighted by molar-refractivity contribution is 5.84. The minimum absolute atomic E-state index is 0.0628. The average molecular weight is 310 g/mol. The van der Waals surface area contributed by atoms with E-state index in [1.165, 1.54) is 11.9 Å². The first-order valence-corrected chi connectivity index (χ1v) is 7.41. The molecule has 1 amide bonds. The van der Waals surface area contributed by atoms with Crippen molar-refractivity contribution in [1.82, 2.24) is 4.90 Å². The summed E-state index contributed by atoms with van der Waals surface area (Å²) in [6.07, 6.45) is 3.33. The number of carbonyl (C=O) groups is 2. The van der Waals surface area contributed by atoms with Gasteiger partial charge in [-0.05, 0) is 18.8 Å². The van der Waals surface area contributed by atoms with Gasteiger partial charge in [0.15, 0.2) is 12.6 Å². The predicted molar refractivity (Wildman–Crippen MR) is 82.8 cm³/mol. The van der Waals surface area contributed by atoms with Crippen molar-refractivity contribution in [2.24, 2.45) is 5.92 Å². The van der Waals surface area contributed by atoms with Gasteiger partial charge in [-0.15, -0.1) is 6.58 Å². The summed E-state index contributed by atoms with van der Waals surface area (Å²) in [7, 11) is 1.54. The van der Waals surface area contributed by atoms with Crippen molar-refractivity contribution in [2.75, 3.05) is 26.9 Å². The lowest BCUT2D eigenvalue weighted by atomic mass is 10.1.